The molecule has 0 saturated carbocycles. The van der Waals surface area contributed by atoms with E-state index in [0.717, 1.165) is 6.92 Å². The van der Waals surface area contributed by atoms with Crippen molar-refractivity contribution in [1.82, 2.24) is 0 Å². The first-order valence-corrected chi connectivity index (χ1v) is 2.82. The van der Waals surface area contributed by atoms with E-state index in [9.17, 15) is 21.7 Å². The molecule has 11 heavy (non-hydrogen) atoms. The smallest absolute Gasteiger partial charge is 0.449 e. The van der Waals surface area contributed by atoms with Gasteiger partial charge in [0.05, 0.1) is 0 Å². The molecule has 0 radical (unpaired) electrons. The number of halogens is 5. The first kappa shape index (κ1) is 14.9. The SMILES string of the molecule is CC(C[B-](F)(F)F)C(F)F.[K+]. The molecule has 62 valence electrons. The summed E-state index contributed by atoms with van der Waals surface area (Å²) in [5, 5.41) is 0. The van der Waals surface area contributed by atoms with Gasteiger partial charge in [0, 0.05) is 0 Å². The van der Waals surface area contributed by atoms with Crippen molar-refractivity contribution in [2.75, 3.05) is 0 Å². The van der Waals surface area contributed by atoms with E-state index in [1.165, 1.54) is 0 Å². The molecule has 1 atom stereocenters. The summed E-state index contributed by atoms with van der Waals surface area (Å²) in [6, 6.07) is 0. The maximum absolute atomic E-state index is 11.5. The van der Waals surface area contributed by atoms with Gasteiger partial charge in [-0.1, -0.05) is 13.2 Å². The van der Waals surface area contributed by atoms with Gasteiger partial charge in [0.1, 0.15) is 0 Å². The topological polar surface area (TPSA) is 0 Å². The molecule has 0 aromatic heterocycles. The van der Waals surface area contributed by atoms with E-state index in [2.05, 4.69) is 0 Å². The molecule has 0 aliphatic carbocycles. The van der Waals surface area contributed by atoms with Crippen molar-refractivity contribution < 1.29 is 73.1 Å². The van der Waals surface area contributed by atoms with Crippen LogP contribution in [0.5, 0.6) is 0 Å². The Labute approximate surface area is 104 Å². The number of hydrogen-bond acceptors (Lipinski definition) is 0. The molecular weight excluding hydrogens is 193 g/mol. The summed E-state index contributed by atoms with van der Waals surface area (Å²) in [6.45, 7) is -4.17. The van der Waals surface area contributed by atoms with E-state index in [4.69, 9.17) is 0 Å². The van der Waals surface area contributed by atoms with Gasteiger partial charge in [-0.15, -0.1) is 0 Å². The minimum atomic E-state index is -5.06. The predicted molar refractivity (Wildman–Crippen MR) is 29.1 cm³/mol. The van der Waals surface area contributed by atoms with Crippen molar-refractivity contribution in [2.24, 2.45) is 5.92 Å². The fourth-order valence-electron chi connectivity index (χ4n) is 0.524. The van der Waals surface area contributed by atoms with Gasteiger partial charge >= 0.3 is 58.4 Å². The minimum Gasteiger partial charge on any atom is -0.449 e. The van der Waals surface area contributed by atoms with Crippen LogP contribution in [-0.4, -0.2) is 13.4 Å². The molecule has 0 aliphatic rings. The molecule has 0 fully saturated rings. The second-order valence-corrected chi connectivity index (χ2v) is 2.26. The van der Waals surface area contributed by atoms with Crippen LogP contribution in [0.2, 0.25) is 6.32 Å². The van der Waals surface area contributed by atoms with E-state index in [1.54, 1.807) is 0 Å². The quantitative estimate of drug-likeness (QED) is 0.435. The zero-order chi connectivity index (χ0) is 8.36. The molecule has 0 nitrogen and oxygen atoms in total. The maximum atomic E-state index is 11.5. The van der Waals surface area contributed by atoms with Gasteiger partial charge in [0.25, 0.3) is 0 Å². The monoisotopic (exact) mass is 200 g/mol. The van der Waals surface area contributed by atoms with Crippen LogP contribution in [0.25, 0.3) is 0 Å². The molecule has 0 spiro atoms. The van der Waals surface area contributed by atoms with E-state index in [0.29, 0.717) is 0 Å². The van der Waals surface area contributed by atoms with Crippen molar-refractivity contribution in [3.05, 3.63) is 0 Å². The summed E-state index contributed by atoms with van der Waals surface area (Å²) in [6.07, 6.45) is -4.22. The summed E-state index contributed by atoms with van der Waals surface area (Å²) < 4.78 is 57.1. The third kappa shape index (κ3) is 9.26. The zero-order valence-electron chi connectivity index (χ0n) is 6.33. The molecule has 0 rings (SSSR count). The summed E-state index contributed by atoms with van der Waals surface area (Å²) in [4.78, 5) is 0. The van der Waals surface area contributed by atoms with Crippen molar-refractivity contribution in [3.8, 4) is 0 Å². The van der Waals surface area contributed by atoms with Crippen molar-refractivity contribution in [1.29, 1.82) is 0 Å². The van der Waals surface area contributed by atoms with E-state index in [1.807, 2.05) is 0 Å². The predicted octanol–water partition coefficient (Wildman–Crippen LogP) is -0.261. The van der Waals surface area contributed by atoms with Crippen LogP contribution in [0, 0.1) is 5.92 Å². The third-order valence-electron chi connectivity index (χ3n) is 1.07. The zero-order valence-corrected chi connectivity index (χ0v) is 9.45. The average Bonchev–Trinajstić information content (AvgIpc) is 1.60. The van der Waals surface area contributed by atoms with Gasteiger partial charge in [0.2, 0.25) is 6.43 Å². The van der Waals surface area contributed by atoms with E-state index < -0.39 is 25.6 Å². The van der Waals surface area contributed by atoms with Gasteiger partial charge in [-0.3, -0.25) is 0 Å². The van der Waals surface area contributed by atoms with Crippen LogP contribution in [-0.2, 0) is 0 Å². The van der Waals surface area contributed by atoms with Gasteiger partial charge < -0.3 is 12.9 Å². The Kier molecular flexibility index (Phi) is 7.97. The summed E-state index contributed by atoms with van der Waals surface area (Å²) in [5.41, 5.74) is 0. The van der Waals surface area contributed by atoms with Crippen LogP contribution in [0.3, 0.4) is 0 Å². The molecule has 1 unspecified atom stereocenters. The Morgan fingerprint density at radius 3 is 1.64 bits per heavy atom. The van der Waals surface area contributed by atoms with Gasteiger partial charge in [-0.05, 0) is 5.92 Å². The van der Waals surface area contributed by atoms with Crippen molar-refractivity contribution in [3.63, 3.8) is 0 Å². The van der Waals surface area contributed by atoms with Gasteiger partial charge in [-0.2, -0.15) is 0 Å². The molecule has 0 saturated heterocycles. The molecule has 0 N–H and O–H groups in total. The number of alkyl halides is 2. The summed E-state index contributed by atoms with van der Waals surface area (Å²) in [5.74, 6) is -1.57. The Balaban J connectivity index is 0. The Morgan fingerprint density at radius 2 is 1.55 bits per heavy atom. The standard InChI is InChI=1S/C4H7BF5.K/c1-3(4(6)7)2-5(8,9)10;/h3-4H,2H2,1H3;/q-1;+1. The second kappa shape index (κ2) is 5.91. The fourth-order valence-corrected chi connectivity index (χ4v) is 0.524. The summed E-state index contributed by atoms with van der Waals surface area (Å²) in [7, 11) is 0. The Hall–Kier alpha value is 1.35. The third-order valence-corrected chi connectivity index (χ3v) is 1.07. The average molecular weight is 200 g/mol. The molecule has 0 bridgehead atoms. The van der Waals surface area contributed by atoms with Crippen LogP contribution < -0.4 is 51.4 Å². The molecule has 0 aliphatic heterocycles. The largest absolute Gasteiger partial charge is 1.00 e. The van der Waals surface area contributed by atoms with Crippen LogP contribution in [0.4, 0.5) is 21.7 Å². The molecule has 0 aromatic carbocycles. The Morgan fingerprint density at radius 1 is 1.18 bits per heavy atom. The van der Waals surface area contributed by atoms with Crippen LogP contribution >= 0.6 is 0 Å². The van der Waals surface area contributed by atoms with E-state index >= 15 is 0 Å². The van der Waals surface area contributed by atoms with Crippen LogP contribution in [0.1, 0.15) is 6.92 Å². The molecule has 0 amide bonds. The molecule has 0 heterocycles. The number of rotatable bonds is 3. The van der Waals surface area contributed by atoms with Crippen molar-refractivity contribution in [2.45, 2.75) is 19.7 Å². The normalized spacial score (nSPS) is 14.5. The van der Waals surface area contributed by atoms with Crippen LogP contribution in [0.15, 0.2) is 0 Å². The van der Waals surface area contributed by atoms with Crippen molar-refractivity contribution >= 4 is 6.98 Å². The summed E-state index contributed by atoms with van der Waals surface area (Å²) >= 11 is 0. The minimum absolute atomic E-state index is 0. The number of hydrogen-bond donors (Lipinski definition) is 0. The molecule has 0 aromatic rings. The first-order chi connectivity index (χ1) is 4.33. The first-order valence-electron chi connectivity index (χ1n) is 2.82. The van der Waals surface area contributed by atoms with Gasteiger partial charge in [-0.25, -0.2) is 8.78 Å². The van der Waals surface area contributed by atoms with E-state index in [-0.39, 0.29) is 51.4 Å². The Bertz CT molecular complexity index is 103. The molecule has 7 heteroatoms. The maximum Gasteiger partial charge on any atom is 1.00 e. The van der Waals surface area contributed by atoms with Gasteiger partial charge in [0.15, 0.2) is 0 Å². The fraction of sp³-hybridized carbons (Fsp3) is 1.00. The second-order valence-electron chi connectivity index (χ2n) is 2.26. The molecular formula is C4H7BF5K.